The number of carboxylic acids is 1. The molecular weight excluding hydrogens is 552 g/mol. The molecule has 0 unspecified atom stereocenters. The first-order chi connectivity index (χ1) is 18.4. The predicted molar refractivity (Wildman–Crippen MR) is 143 cm³/mol. The lowest BCUT2D eigenvalue weighted by Gasteiger charge is -2.31. The van der Waals surface area contributed by atoms with Crippen molar-refractivity contribution in [3.63, 3.8) is 0 Å². The summed E-state index contributed by atoms with van der Waals surface area (Å²) in [6, 6.07) is 8.13. The second kappa shape index (κ2) is 9.19. The number of hydrogen-bond donors (Lipinski definition) is 1. The van der Waals surface area contributed by atoms with Gasteiger partial charge in [-0.2, -0.15) is 0 Å². The zero-order chi connectivity index (χ0) is 26.1. The molecule has 3 heterocycles. The lowest BCUT2D eigenvalue weighted by molar-refractivity contribution is 0.0122. The maximum Gasteiger partial charge on any atom is 0.335 e. The van der Waals surface area contributed by atoms with Gasteiger partial charge in [0.1, 0.15) is 17.0 Å². The zero-order valence-electron chi connectivity index (χ0n) is 20.0. The van der Waals surface area contributed by atoms with E-state index in [4.69, 9.17) is 32.5 Å². The van der Waals surface area contributed by atoms with E-state index in [9.17, 15) is 14.3 Å². The number of piperidine rings is 1. The average Bonchev–Trinajstić information content (AvgIpc) is 3.22. The normalized spacial score (nSPS) is 22.6. The molecule has 0 amide bonds. The van der Waals surface area contributed by atoms with Crippen LogP contribution in [-0.2, 0) is 11.3 Å². The van der Waals surface area contributed by atoms with Crippen LogP contribution in [0.1, 0.15) is 53.3 Å². The van der Waals surface area contributed by atoms with Gasteiger partial charge in [0.05, 0.1) is 33.0 Å². The highest BCUT2D eigenvalue weighted by atomic mass is 35.5. The van der Waals surface area contributed by atoms with Crippen molar-refractivity contribution >= 4 is 55.9 Å². The molecule has 38 heavy (non-hydrogen) atoms. The molecule has 2 bridgehead atoms. The highest BCUT2D eigenvalue weighted by Gasteiger charge is 2.46. The second-order valence-corrected chi connectivity index (χ2v) is 12.1. The van der Waals surface area contributed by atoms with Gasteiger partial charge in [0.15, 0.2) is 10.9 Å². The Morgan fingerprint density at radius 1 is 1.24 bits per heavy atom. The number of carbonyl (C=O) groups is 1. The number of aromatic carboxylic acids is 1. The molecule has 2 aromatic heterocycles. The lowest BCUT2D eigenvalue weighted by atomic mass is 10.0. The monoisotopic (exact) mass is 573 g/mol. The van der Waals surface area contributed by atoms with Crippen LogP contribution in [0.25, 0.3) is 21.5 Å². The molecule has 1 aliphatic heterocycles. The number of aromatic nitrogens is 2. The summed E-state index contributed by atoms with van der Waals surface area (Å²) >= 11 is 14.3. The number of nitrogens with zero attached hydrogens (tertiary/aromatic N) is 3. The number of carboxylic acid groups (broad SMARTS) is 1. The van der Waals surface area contributed by atoms with E-state index in [0.717, 1.165) is 54.7 Å². The number of halogens is 3. The lowest BCUT2D eigenvalue weighted by Crippen LogP contribution is -2.38. The fraction of sp³-hybridized carbons (Fsp3) is 0.370. The summed E-state index contributed by atoms with van der Waals surface area (Å²) in [4.78, 5) is 18.0. The van der Waals surface area contributed by atoms with Crippen LogP contribution in [0, 0.1) is 11.7 Å². The van der Waals surface area contributed by atoms with Crippen molar-refractivity contribution < 1.29 is 23.6 Å². The quantitative estimate of drug-likeness (QED) is 0.251. The van der Waals surface area contributed by atoms with Crippen molar-refractivity contribution in [1.82, 2.24) is 10.1 Å². The Morgan fingerprint density at radius 2 is 2.03 bits per heavy atom. The van der Waals surface area contributed by atoms with Gasteiger partial charge in [-0.15, -0.1) is 0 Å². The molecule has 7 rings (SSSR count). The van der Waals surface area contributed by atoms with E-state index in [0.29, 0.717) is 44.4 Å². The Balaban J connectivity index is 1.09. The summed E-state index contributed by atoms with van der Waals surface area (Å²) in [6.45, 7) is 1.12. The van der Waals surface area contributed by atoms with Crippen LogP contribution in [0.2, 0.25) is 10.0 Å². The molecule has 3 atom stereocenters. The minimum Gasteiger partial charge on any atom is -0.478 e. The molecule has 196 valence electrons. The van der Waals surface area contributed by atoms with Gasteiger partial charge >= 0.3 is 5.97 Å². The molecule has 0 radical (unpaired) electrons. The van der Waals surface area contributed by atoms with Gasteiger partial charge < -0.3 is 19.3 Å². The summed E-state index contributed by atoms with van der Waals surface area (Å²) in [7, 11) is 0. The van der Waals surface area contributed by atoms with E-state index < -0.39 is 11.8 Å². The van der Waals surface area contributed by atoms with E-state index in [1.54, 1.807) is 18.2 Å². The van der Waals surface area contributed by atoms with E-state index in [-0.39, 0.29) is 23.2 Å². The third-order valence-corrected chi connectivity index (χ3v) is 9.48. The molecule has 7 nitrogen and oxygen atoms in total. The van der Waals surface area contributed by atoms with Crippen molar-refractivity contribution in [2.75, 3.05) is 11.4 Å². The van der Waals surface area contributed by atoms with Crippen LogP contribution in [0.5, 0.6) is 0 Å². The highest BCUT2D eigenvalue weighted by Crippen LogP contribution is 2.48. The van der Waals surface area contributed by atoms with Crippen LogP contribution < -0.4 is 4.90 Å². The first-order valence-electron chi connectivity index (χ1n) is 12.5. The van der Waals surface area contributed by atoms with Crippen LogP contribution in [0.4, 0.5) is 9.52 Å². The first-order valence-corrected chi connectivity index (χ1v) is 14.1. The summed E-state index contributed by atoms with van der Waals surface area (Å²) in [5.41, 5.74) is 2.37. The molecule has 1 N–H and O–H groups in total. The first kappa shape index (κ1) is 24.3. The maximum atomic E-state index is 14.5. The van der Waals surface area contributed by atoms with Gasteiger partial charge in [-0.1, -0.05) is 45.8 Å². The molecule has 3 fully saturated rings. The number of fused-ring (bicyclic) bond motifs is 3. The number of rotatable bonds is 7. The van der Waals surface area contributed by atoms with Crippen LogP contribution in [0.3, 0.4) is 0 Å². The Hall–Kier alpha value is -2.72. The number of benzene rings is 2. The van der Waals surface area contributed by atoms with Crippen molar-refractivity contribution in [2.24, 2.45) is 5.92 Å². The maximum absolute atomic E-state index is 14.5. The zero-order valence-corrected chi connectivity index (χ0v) is 22.3. The number of thiazole rings is 1. The number of hydrogen-bond acceptors (Lipinski definition) is 7. The fourth-order valence-corrected chi connectivity index (χ4v) is 7.48. The second-order valence-electron chi connectivity index (χ2n) is 10.2. The van der Waals surface area contributed by atoms with Gasteiger partial charge in [-0.25, -0.2) is 14.2 Å². The third-order valence-electron chi connectivity index (χ3n) is 7.81. The summed E-state index contributed by atoms with van der Waals surface area (Å²) in [6.07, 6.45) is 3.99. The van der Waals surface area contributed by atoms with Gasteiger partial charge in [0.25, 0.3) is 0 Å². The van der Waals surface area contributed by atoms with Crippen LogP contribution in [-0.4, -0.2) is 39.9 Å². The molecule has 3 aliphatic rings. The fourth-order valence-electron chi connectivity index (χ4n) is 5.81. The van der Waals surface area contributed by atoms with E-state index in [1.807, 2.05) is 0 Å². The molecule has 2 saturated carbocycles. The van der Waals surface area contributed by atoms with E-state index in [2.05, 4.69) is 15.0 Å². The number of ether oxygens (including phenoxy) is 1. The summed E-state index contributed by atoms with van der Waals surface area (Å²) in [5, 5.41) is 15.4. The summed E-state index contributed by atoms with van der Waals surface area (Å²) < 4.78 is 27.3. The molecule has 2 aromatic carbocycles. The smallest absolute Gasteiger partial charge is 0.335 e. The minimum absolute atomic E-state index is 0.0671. The highest BCUT2D eigenvalue weighted by molar-refractivity contribution is 7.22. The molecule has 11 heteroatoms. The Labute approximate surface area is 231 Å². The molecule has 0 spiro atoms. The van der Waals surface area contributed by atoms with Crippen molar-refractivity contribution in [3.8, 4) is 11.3 Å². The third kappa shape index (κ3) is 4.07. The summed E-state index contributed by atoms with van der Waals surface area (Å²) in [5.74, 6) is -0.241. The van der Waals surface area contributed by atoms with E-state index in [1.165, 1.54) is 17.4 Å². The van der Waals surface area contributed by atoms with Gasteiger partial charge in [0, 0.05) is 35.5 Å². The molecular formula is C27H22Cl2FN3O4S. The van der Waals surface area contributed by atoms with Crippen molar-refractivity contribution in [2.45, 2.75) is 50.4 Å². The largest absolute Gasteiger partial charge is 0.478 e. The average molecular weight is 574 g/mol. The molecule has 2 aliphatic carbocycles. The molecule has 1 saturated heterocycles. The molecule has 4 aromatic rings. The topological polar surface area (TPSA) is 88.7 Å². The van der Waals surface area contributed by atoms with Crippen molar-refractivity contribution in [3.05, 3.63) is 63.1 Å². The minimum atomic E-state index is -1.15. The SMILES string of the molecule is O=C(O)c1cc(F)c2nc(N3C[C@@H]4C[C@H]3C[C@H]4OCc3c(-c4c(Cl)cccc4Cl)noc3C3CC3)sc2c1. The van der Waals surface area contributed by atoms with Gasteiger partial charge in [0.2, 0.25) is 0 Å². The standard InChI is InChI=1S/C27H22Cl2FN3O4S/c28-17-2-1-3-18(29)22(17)23-16(25(37-32-23)12-4-5-12)11-36-20-9-15-6-14(20)10-33(15)27-31-24-19(30)7-13(26(34)35)8-21(24)38-27/h1-3,7-8,12,14-15,20H,4-6,9-11H2,(H,34,35)/t14-,15-,20+/m0/s1. The van der Waals surface area contributed by atoms with Gasteiger partial charge in [-0.05, 0) is 49.9 Å². The van der Waals surface area contributed by atoms with Gasteiger partial charge in [-0.3, -0.25) is 0 Å². The Morgan fingerprint density at radius 3 is 2.71 bits per heavy atom. The number of anilines is 1. The predicted octanol–water partition coefficient (Wildman–Crippen LogP) is 7.16. The van der Waals surface area contributed by atoms with E-state index >= 15 is 0 Å². The Bertz CT molecular complexity index is 1570. The van der Waals surface area contributed by atoms with Crippen LogP contribution >= 0.6 is 34.5 Å². The Kier molecular flexibility index (Phi) is 5.88. The van der Waals surface area contributed by atoms with Crippen molar-refractivity contribution in [1.29, 1.82) is 0 Å². The van der Waals surface area contributed by atoms with Crippen LogP contribution in [0.15, 0.2) is 34.9 Å².